The Kier molecular flexibility index (Phi) is 5.11. The largest absolute Gasteiger partial charge is 0.335 e. The third kappa shape index (κ3) is 3.92. The lowest BCUT2D eigenvalue weighted by atomic mass is 10.2. The SMILES string of the molecule is Cc1cc(C(=O)N2CCN(C/C=C/c3ccccc3)CC2)n(C)n1. The Morgan fingerprint density at radius 1 is 1.17 bits per heavy atom. The lowest BCUT2D eigenvalue weighted by molar-refractivity contribution is 0.0639. The molecule has 1 aromatic heterocycles. The van der Waals surface area contributed by atoms with Crippen LogP contribution in [-0.4, -0.2) is 58.2 Å². The summed E-state index contributed by atoms with van der Waals surface area (Å²) in [5.41, 5.74) is 2.77. The smallest absolute Gasteiger partial charge is 0.272 e. The maximum absolute atomic E-state index is 12.6. The second-order valence-corrected chi connectivity index (χ2v) is 6.20. The predicted octanol–water partition coefficient (Wildman–Crippen LogP) is 2.20. The van der Waals surface area contributed by atoms with E-state index in [4.69, 9.17) is 0 Å². The first-order chi connectivity index (χ1) is 11.6. The van der Waals surface area contributed by atoms with Gasteiger partial charge in [-0.25, -0.2) is 0 Å². The van der Waals surface area contributed by atoms with E-state index in [0.29, 0.717) is 5.69 Å². The number of carbonyl (C=O) groups is 1. The van der Waals surface area contributed by atoms with E-state index in [0.717, 1.165) is 38.4 Å². The molecule has 5 nitrogen and oxygen atoms in total. The molecule has 1 aliphatic heterocycles. The van der Waals surface area contributed by atoms with Crippen LogP contribution in [0.5, 0.6) is 0 Å². The molecule has 2 heterocycles. The lowest BCUT2D eigenvalue weighted by Crippen LogP contribution is -2.48. The molecule has 1 fully saturated rings. The molecule has 0 spiro atoms. The summed E-state index contributed by atoms with van der Waals surface area (Å²) < 4.78 is 1.67. The number of hydrogen-bond acceptors (Lipinski definition) is 3. The molecule has 1 aromatic carbocycles. The molecule has 0 bridgehead atoms. The van der Waals surface area contributed by atoms with Crippen molar-refractivity contribution in [3.05, 3.63) is 59.4 Å². The van der Waals surface area contributed by atoms with Crippen molar-refractivity contribution in [3.63, 3.8) is 0 Å². The van der Waals surface area contributed by atoms with Gasteiger partial charge < -0.3 is 4.90 Å². The molecule has 0 radical (unpaired) electrons. The third-order valence-electron chi connectivity index (χ3n) is 4.35. The van der Waals surface area contributed by atoms with Crippen LogP contribution in [0.25, 0.3) is 6.08 Å². The number of aryl methyl sites for hydroxylation is 2. The molecule has 1 amide bonds. The summed E-state index contributed by atoms with van der Waals surface area (Å²) >= 11 is 0. The minimum Gasteiger partial charge on any atom is -0.335 e. The van der Waals surface area contributed by atoms with Gasteiger partial charge in [-0.3, -0.25) is 14.4 Å². The summed E-state index contributed by atoms with van der Waals surface area (Å²) in [7, 11) is 1.82. The zero-order chi connectivity index (χ0) is 16.9. The number of benzene rings is 1. The van der Waals surface area contributed by atoms with Gasteiger partial charge in [0.1, 0.15) is 5.69 Å². The van der Waals surface area contributed by atoms with Gasteiger partial charge in [0, 0.05) is 39.8 Å². The van der Waals surface area contributed by atoms with Crippen molar-refractivity contribution in [1.29, 1.82) is 0 Å². The molecule has 5 heteroatoms. The van der Waals surface area contributed by atoms with Crippen LogP contribution in [0.1, 0.15) is 21.7 Å². The Balaban J connectivity index is 1.50. The average Bonchev–Trinajstić information content (AvgIpc) is 2.94. The Hall–Kier alpha value is -2.40. The highest BCUT2D eigenvalue weighted by atomic mass is 16.2. The summed E-state index contributed by atoms with van der Waals surface area (Å²) in [6.45, 7) is 6.17. The highest BCUT2D eigenvalue weighted by Gasteiger charge is 2.23. The van der Waals surface area contributed by atoms with Crippen LogP contribution in [0, 0.1) is 6.92 Å². The van der Waals surface area contributed by atoms with E-state index in [-0.39, 0.29) is 5.91 Å². The van der Waals surface area contributed by atoms with Gasteiger partial charge in [0.2, 0.25) is 0 Å². The first-order valence-electron chi connectivity index (χ1n) is 8.37. The number of carbonyl (C=O) groups excluding carboxylic acids is 1. The second kappa shape index (κ2) is 7.45. The van der Waals surface area contributed by atoms with Crippen molar-refractivity contribution in [3.8, 4) is 0 Å². The van der Waals surface area contributed by atoms with Crippen LogP contribution < -0.4 is 0 Å². The summed E-state index contributed by atoms with van der Waals surface area (Å²) in [5, 5.41) is 4.26. The van der Waals surface area contributed by atoms with E-state index >= 15 is 0 Å². The number of amides is 1. The van der Waals surface area contributed by atoms with Gasteiger partial charge in [0.15, 0.2) is 0 Å². The van der Waals surface area contributed by atoms with Crippen molar-refractivity contribution < 1.29 is 4.79 Å². The van der Waals surface area contributed by atoms with Crippen LogP contribution in [0.15, 0.2) is 42.5 Å². The fourth-order valence-electron chi connectivity index (χ4n) is 3.01. The Morgan fingerprint density at radius 2 is 1.88 bits per heavy atom. The van der Waals surface area contributed by atoms with Crippen LogP contribution >= 0.6 is 0 Å². The summed E-state index contributed by atoms with van der Waals surface area (Å²) in [6, 6.07) is 12.2. The molecule has 0 saturated carbocycles. The van der Waals surface area contributed by atoms with Gasteiger partial charge in [-0.15, -0.1) is 0 Å². The lowest BCUT2D eigenvalue weighted by Gasteiger charge is -2.34. The van der Waals surface area contributed by atoms with Crippen molar-refractivity contribution >= 4 is 12.0 Å². The standard InChI is InChI=1S/C19H24N4O/c1-16-15-18(21(2)20-16)19(24)23-13-11-22(12-14-23)10-6-9-17-7-4-3-5-8-17/h3-9,15H,10-14H2,1-2H3/b9-6+. The molecule has 0 atom stereocenters. The highest BCUT2D eigenvalue weighted by molar-refractivity contribution is 5.92. The maximum atomic E-state index is 12.6. The molecule has 0 unspecified atom stereocenters. The highest BCUT2D eigenvalue weighted by Crippen LogP contribution is 2.10. The molecule has 126 valence electrons. The van der Waals surface area contributed by atoms with Crippen molar-refractivity contribution in [2.75, 3.05) is 32.7 Å². The molecule has 0 aliphatic carbocycles. The topological polar surface area (TPSA) is 41.4 Å². The van der Waals surface area contributed by atoms with E-state index in [9.17, 15) is 4.79 Å². The van der Waals surface area contributed by atoms with Crippen LogP contribution in [0.3, 0.4) is 0 Å². The number of nitrogens with zero attached hydrogens (tertiary/aromatic N) is 4. The van der Waals surface area contributed by atoms with E-state index in [1.807, 2.05) is 43.1 Å². The Morgan fingerprint density at radius 3 is 2.50 bits per heavy atom. The zero-order valence-electron chi connectivity index (χ0n) is 14.4. The number of piperazine rings is 1. The van der Waals surface area contributed by atoms with E-state index in [2.05, 4.69) is 34.3 Å². The third-order valence-corrected chi connectivity index (χ3v) is 4.35. The van der Waals surface area contributed by atoms with Crippen LogP contribution in [0.4, 0.5) is 0 Å². The van der Waals surface area contributed by atoms with Gasteiger partial charge in [0.25, 0.3) is 5.91 Å². The summed E-state index contributed by atoms with van der Waals surface area (Å²) in [6.07, 6.45) is 4.34. The van der Waals surface area contributed by atoms with Crippen LogP contribution in [-0.2, 0) is 7.05 Å². The Labute approximate surface area is 143 Å². The quantitative estimate of drug-likeness (QED) is 0.866. The van der Waals surface area contributed by atoms with Gasteiger partial charge in [-0.05, 0) is 18.6 Å². The van der Waals surface area contributed by atoms with Gasteiger partial charge in [-0.2, -0.15) is 5.10 Å². The van der Waals surface area contributed by atoms with Gasteiger partial charge in [0.05, 0.1) is 5.69 Å². The molecule has 3 rings (SSSR count). The molecule has 1 aliphatic rings. The molecule has 0 N–H and O–H groups in total. The van der Waals surface area contributed by atoms with Crippen molar-refractivity contribution in [1.82, 2.24) is 19.6 Å². The van der Waals surface area contributed by atoms with Gasteiger partial charge >= 0.3 is 0 Å². The average molecular weight is 324 g/mol. The predicted molar refractivity (Wildman–Crippen MR) is 95.8 cm³/mol. The zero-order valence-corrected chi connectivity index (χ0v) is 14.4. The van der Waals surface area contributed by atoms with Crippen LogP contribution in [0.2, 0.25) is 0 Å². The molecule has 2 aromatic rings. The monoisotopic (exact) mass is 324 g/mol. The summed E-state index contributed by atoms with van der Waals surface area (Å²) in [5.74, 6) is 0.0811. The molecule has 1 saturated heterocycles. The number of rotatable bonds is 4. The minimum atomic E-state index is 0.0811. The molecular formula is C19H24N4O. The Bertz CT molecular complexity index is 712. The van der Waals surface area contributed by atoms with Crippen molar-refractivity contribution in [2.24, 2.45) is 7.05 Å². The first kappa shape index (κ1) is 16.5. The van der Waals surface area contributed by atoms with E-state index < -0.39 is 0 Å². The summed E-state index contributed by atoms with van der Waals surface area (Å²) in [4.78, 5) is 16.9. The normalized spacial score (nSPS) is 16.0. The second-order valence-electron chi connectivity index (χ2n) is 6.20. The maximum Gasteiger partial charge on any atom is 0.272 e. The minimum absolute atomic E-state index is 0.0811. The van der Waals surface area contributed by atoms with E-state index in [1.54, 1.807) is 4.68 Å². The number of aromatic nitrogens is 2. The van der Waals surface area contributed by atoms with Crippen molar-refractivity contribution in [2.45, 2.75) is 6.92 Å². The van der Waals surface area contributed by atoms with Gasteiger partial charge in [-0.1, -0.05) is 42.5 Å². The first-order valence-corrected chi connectivity index (χ1v) is 8.37. The molecular weight excluding hydrogens is 300 g/mol. The molecule has 24 heavy (non-hydrogen) atoms. The van der Waals surface area contributed by atoms with E-state index in [1.165, 1.54) is 5.56 Å². The fourth-order valence-corrected chi connectivity index (χ4v) is 3.01. The fraction of sp³-hybridized carbons (Fsp3) is 0.368. The number of hydrogen-bond donors (Lipinski definition) is 0.